The van der Waals surface area contributed by atoms with Crippen LogP contribution in [-0.2, 0) is 4.74 Å². The van der Waals surface area contributed by atoms with Gasteiger partial charge in [0.2, 0.25) is 0 Å². The molecule has 0 aromatic rings. The molecule has 0 aliphatic carbocycles. The molecule has 0 radical (unpaired) electrons. The molecule has 0 aromatic heterocycles. The third-order valence-electron chi connectivity index (χ3n) is 4.22. The van der Waals surface area contributed by atoms with Crippen molar-refractivity contribution >= 4 is 6.09 Å². The highest BCUT2D eigenvalue weighted by atomic mass is 16.6. The number of carbonyl (C=O) groups is 1. The van der Waals surface area contributed by atoms with Gasteiger partial charge in [-0.05, 0) is 52.5 Å². The summed E-state index contributed by atoms with van der Waals surface area (Å²) in [6.07, 6.45) is 7.15. The van der Waals surface area contributed by atoms with Gasteiger partial charge in [0.1, 0.15) is 5.60 Å². The van der Waals surface area contributed by atoms with Crippen LogP contribution in [0.2, 0.25) is 0 Å². The monoisotopic (exact) mass is 312 g/mol. The Morgan fingerprint density at radius 1 is 1.27 bits per heavy atom. The van der Waals surface area contributed by atoms with E-state index >= 15 is 0 Å². The molecule has 1 aliphatic rings. The van der Waals surface area contributed by atoms with Crippen LogP contribution in [0.5, 0.6) is 0 Å². The molecule has 4 heteroatoms. The van der Waals surface area contributed by atoms with E-state index in [2.05, 4.69) is 19.2 Å². The van der Waals surface area contributed by atoms with Crippen LogP contribution >= 0.6 is 0 Å². The van der Waals surface area contributed by atoms with E-state index in [1.807, 2.05) is 25.7 Å². The molecule has 1 heterocycles. The number of carbonyl (C=O) groups excluding carboxylic acids is 1. The zero-order chi connectivity index (χ0) is 16.6. The lowest BCUT2D eigenvalue weighted by Gasteiger charge is -2.27. The minimum absolute atomic E-state index is 0.155. The van der Waals surface area contributed by atoms with Crippen LogP contribution < -0.4 is 5.32 Å². The maximum Gasteiger partial charge on any atom is 0.410 e. The molecule has 2 unspecified atom stereocenters. The Morgan fingerprint density at radius 2 is 2.00 bits per heavy atom. The zero-order valence-corrected chi connectivity index (χ0v) is 15.3. The maximum atomic E-state index is 12.2. The first-order valence-electron chi connectivity index (χ1n) is 9.08. The SMILES string of the molecule is CCCCCC(NCCC)C1CCN(C(=O)OC(C)(C)C)C1. The number of unbranched alkanes of at least 4 members (excludes halogenated alkanes) is 2. The van der Waals surface area contributed by atoms with Crippen molar-refractivity contribution in [3.05, 3.63) is 0 Å². The van der Waals surface area contributed by atoms with Crippen molar-refractivity contribution < 1.29 is 9.53 Å². The first-order valence-corrected chi connectivity index (χ1v) is 9.08. The molecule has 0 bridgehead atoms. The van der Waals surface area contributed by atoms with Gasteiger partial charge in [-0.25, -0.2) is 4.79 Å². The Morgan fingerprint density at radius 3 is 2.59 bits per heavy atom. The Labute approximate surface area is 137 Å². The summed E-state index contributed by atoms with van der Waals surface area (Å²) in [4.78, 5) is 14.1. The molecule has 22 heavy (non-hydrogen) atoms. The molecular weight excluding hydrogens is 276 g/mol. The summed E-state index contributed by atoms with van der Waals surface area (Å²) in [6, 6.07) is 0.541. The first kappa shape index (κ1) is 19.3. The highest BCUT2D eigenvalue weighted by Crippen LogP contribution is 2.25. The fraction of sp³-hybridized carbons (Fsp3) is 0.944. The van der Waals surface area contributed by atoms with Crippen LogP contribution in [0.1, 0.15) is 73.1 Å². The fourth-order valence-corrected chi connectivity index (χ4v) is 3.06. The number of amides is 1. The van der Waals surface area contributed by atoms with E-state index in [1.54, 1.807) is 0 Å². The molecule has 1 saturated heterocycles. The van der Waals surface area contributed by atoms with E-state index in [-0.39, 0.29) is 6.09 Å². The average Bonchev–Trinajstić information content (AvgIpc) is 2.90. The summed E-state index contributed by atoms with van der Waals surface area (Å²) >= 11 is 0. The van der Waals surface area contributed by atoms with E-state index in [1.165, 1.54) is 25.7 Å². The summed E-state index contributed by atoms with van der Waals surface area (Å²) in [5.74, 6) is 0.566. The molecule has 1 rings (SSSR count). The predicted octanol–water partition coefficient (Wildman–Crippen LogP) is 4.19. The summed E-state index contributed by atoms with van der Waals surface area (Å²) in [6.45, 7) is 13.0. The maximum absolute atomic E-state index is 12.2. The molecular formula is C18H36N2O2. The van der Waals surface area contributed by atoms with Crippen molar-refractivity contribution in [3.8, 4) is 0 Å². The molecule has 1 amide bonds. The third kappa shape index (κ3) is 6.99. The molecule has 1 N–H and O–H groups in total. The zero-order valence-electron chi connectivity index (χ0n) is 15.3. The Bertz CT molecular complexity index is 326. The number of hydrogen-bond acceptors (Lipinski definition) is 3. The van der Waals surface area contributed by atoms with Gasteiger partial charge in [-0.2, -0.15) is 0 Å². The van der Waals surface area contributed by atoms with Crippen LogP contribution in [0, 0.1) is 5.92 Å². The predicted molar refractivity (Wildman–Crippen MR) is 92.1 cm³/mol. The quantitative estimate of drug-likeness (QED) is 0.683. The van der Waals surface area contributed by atoms with Gasteiger partial charge in [-0.15, -0.1) is 0 Å². The molecule has 130 valence electrons. The van der Waals surface area contributed by atoms with Crippen molar-refractivity contribution in [1.29, 1.82) is 0 Å². The Kier molecular flexibility index (Phi) is 8.23. The number of ether oxygens (including phenoxy) is 1. The Balaban J connectivity index is 2.49. The molecule has 1 aliphatic heterocycles. The lowest BCUT2D eigenvalue weighted by molar-refractivity contribution is 0.0285. The highest BCUT2D eigenvalue weighted by molar-refractivity contribution is 5.68. The average molecular weight is 312 g/mol. The van der Waals surface area contributed by atoms with Crippen molar-refractivity contribution in [2.75, 3.05) is 19.6 Å². The molecule has 2 atom stereocenters. The highest BCUT2D eigenvalue weighted by Gasteiger charge is 2.33. The summed E-state index contributed by atoms with van der Waals surface area (Å²) in [7, 11) is 0. The van der Waals surface area contributed by atoms with Gasteiger partial charge in [-0.1, -0.05) is 33.1 Å². The second-order valence-electron chi connectivity index (χ2n) is 7.53. The number of nitrogens with zero attached hydrogens (tertiary/aromatic N) is 1. The molecule has 1 fully saturated rings. The van der Waals surface area contributed by atoms with Crippen molar-refractivity contribution in [2.45, 2.75) is 84.8 Å². The lowest BCUT2D eigenvalue weighted by atomic mass is 9.93. The van der Waals surface area contributed by atoms with Crippen LogP contribution in [0.15, 0.2) is 0 Å². The van der Waals surface area contributed by atoms with Gasteiger partial charge in [-0.3, -0.25) is 0 Å². The topological polar surface area (TPSA) is 41.6 Å². The number of likely N-dealkylation sites (tertiary alicyclic amines) is 1. The van der Waals surface area contributed by atoms with Crippen LogP contribution in [0.25, 0.3) is 0 Å². The molecule has 0 aromatic carbocycles. The van der Waals surface area contributed by atoms with E-state index in [0.717, 1.165) is 32.5 Å². The summed E-state index contributed by atoms with van der Waals surface area (Å²) < 4.78 is 5.50. The smallest absolute Gasteiger partial charge is 0.410 e. The second-order valence-corrected chi connectivity index (χ2v) is 7.53. The van der Waals surface area contributed by atoms with Crippen molar-refractivity contribution in [1.82, 2.24) is 10.2 Å². The standard InChI is InChI=1S/C18H36N2O2/c1-6-8-9-10-16(19-12-7-2)15-11-13-20(14-15)17(21)22-18(3,4)5/h15-16,19H,6-14H2,1-5H3. The van der Waals surface area contributed by atoms with Crippen molar-refractivity contribution in [3.63, 3.8) is 0 Å². The van der Waals surface area contributed by atoms with E-state index in [4.69, 9.17) is 4.74 Å². The van der Waals surface area contributed by atoms with Gasteiger partial charge >= 0.3 is 6.09 Å². The molecule has 0 spiro atoms. The van der Waals surface area contributed by atoms with Gasteiger partial charge in [0, 0.05) is 19.1 Å². The van der Waals surface area contributed by atoms with Gasteiger partial charge < -0.3 is 15.0 Å². The number of nitrogens with one attached hydrogen (secondary N) is 1. The number of rotatable bonds is 8. The van der Waals surface area contributed by atoms with E-state index in [9.17, 15) is 4.79 Å². The third-order valence-corrected chi connectivity index (χ3v) is 4.22. The van der Waals surface area contributed by atoms with Gasteiger partial charge in [0.05, 0.1) is 0 Å². The first-order chi connectivity index (χ1) is 10.4. The number of hydrogen-bond donors (Lipinski definition) is 1. The normalized spacial score (nSPS) is 20.2. The lowest BCUT2D eigenvalue weighted by Crippen LogP contribution is -2.40. The van der Waals surface area contributed by atoms with Gasteiger partial charge in [0.15, 0.2) is 0 Å². The minimum atomic E-state index is -0.407. The fourth-order valence-electron chi connectivity index (χ4n) is 3.06. The Hall–Kier alpha value is -0.770. The summed E-state index contributed by atoms with van der Waals surface area (Å²) in [5.41, 5.74) is -0.407. The van der Waals surface area contributed by atoms with Crippen LogP contribution in [-0.4, -0.2) is 42.3 Å². The van der Waals surface area contributed by atoms with E-state index in [0.29, 0.717) is 12.0 Å². The largest absolute Gasteiger partial charge is 0.444 e. The van der Waals surface area contributed by atoms with E-state index < -0.39 is 5.60 Å². The second kappa shape index (κ2) is 9.39. The summed E-state index contributed by atoms with van der Waals surface area (Å²) in [5, 5.41) is 3.70. The van der Waals surface area contributed by atoms with Crippen LogP contribution in [0.3, 0.4) is 0 Å². The van der Waals surface area contributed by atoms with Crippen molar-refractivity contribution in [2.24, 2.45) is 5.92 Å². The molecule has 4 nitrogen and oxygen atoms in total. The van der Waals surface area contributed by atoms with Crippen LogP contribution in [0.4, 0.5) is 4.79 Å². The van der Waals surface area contributed by atoms with Gasteiger partial charge in [0.25, 0.3) is 0 Å². The minimum Gasteiger partial charge on any atom is -0.444 e. The molecule has 0 saturated carbocycles.